The van der Waals surface area contributed by atoms with Gasteiger partial charge in [0.2, 0.25) is 5.91 Å². The minimum Gasteiger partial charge on any atom is -0.481 e. The van der Waals surface area contributed by atoms with Crippen molar-refractivity contribution in [3.63, 3.8) is 0 Å². The van der Waals surface area contributed by atoms with Crippen molar-refractivity contribution in [2.75, 3.05) is 19.6 Å². The van der Waals surface area contributed by atoms with Crippen LogP contribution in [0, 0.1) is 11.8 Å². The van der Waals surface area contributed by atoms with Gasteiger partial charge in [-0.3, -0.25) is 9.59 Å². The van der Waals surface area contributed by atoms with Gasteiger partial charge < -0.3 is 20.6 Å². The number of aliphatic carboxylic acids is 1. The molecule has 0 spiro atoms. The molecule has 1 aliphatic carbocycles. The fourth-order valence-corrected chi connectivity index (χ4v) is 2.28. The van der Waals surface area contributed by atoms with Gasteiger partial charge in [0, 0.05) is 38.0 Å². The van der Waals surface area contributed by atoms with Gasteiger partial charge in [-0.25, -0.2) is 4.79 Å². The number of carboxylic acids is 1. The van der Waals surface area contributed by atoms with E-state index in [4.69, 9.17) is 5.11 Å². The number of likely N-dealkylation sites (tertiary alicyclic amines) is 1. The number of carbonyl (C=O) groups is 3. The molecule has 1 aliphatic heterocycles. The number of rotatable bonds is 7. The van der Waals surface area contributed by atoms with Crippen molar-refractivity contribution in [3.05, 3.63) is 0 Å². The highest BCUT2D eigenvalue weighted by Gasteiger charge is 2.37. The molecule has 118 valence electrons. The first-order valence-electron chi connectivity index (χ1n) is 7.52. The van der Waals surface area contributed by atoms with Gasteiger partial charge in [-0.1, -0.05) is 6.92 Å². The van der Waals surface area contributed by atoms with Crippen LogP contribution >= 0.6 is 0 Å². The number of urea groups is 1. The maximum Gasteiger partial charge on any atom is 0.317 e. The van der Waals surface area contributed by atoms with E-state index in [-0.39, 0.29) is 17.9 Å². The molecule has 1 saturated heterocycles. The molecule has 2 aliphatic rings. The smallest absolute Gasteiger partial charge is 0.317 e. The number of hydrogen-bond acceptors (Lipinski definition) is 3. The van der Waals surface area contributed by atoms with E-state index >= 15 is 0 Å². The number of carbonyl (C=O) groups excluding carboxylic acids is 2. The molecule has 1 unspecified atom stereocenters. The molecular weight excluding hydrogens is 274 g/mol. The van der Waals surface area contributed by atoms with E-state index in [1.165, 1.54) is 0 Å². The summed E-state index contributed by atoms with van der Waals surface area (Å²) in [5.74, 6) is -1.15. The van der Waals surface area contributed by atoms with E-state index in [1.807, 2.05) is 0 Å². The molecule has 0 aromatic rings. The van der Waals surface area contributed by atoms with Crippen LogP contribution in [0.5, 0.6) is 0 Å². The largest absolute Gasteiger partial charge is 0.481 e. The summed E-state index contributed by atoms with van der Waals surface area (Å²) >= 11 is 0. The first-order chi connectivity index (χ1) is 9.97. The summed E-state index contributed by atoms with van der Waals surface area (Å²) in [7, 11) is 0. The zero-order chi connectivity index (χ0) is 15.4. The summed E-state index contributed by atoms with van der Waals surface area (Å²) in [5, 5.41) is 14.5. The molecular formula is C14H23N3O4. The van der Waals surface area contributed by atoms with E-state index in [0.29, 0.717) is 38.5 Å². The molecule has 0 aromatic heterocycles. The van der Waals surface area contributed by atoms with E-state index < -0.39 is 11.9 Å². The van der Waals surface area contributed by atoms with Gasteiger partial charge in [0.15, 0.2) is 0 Å². The van der Waals surface area contributed by atoms with E-state index in [2.05, 4.69) is 10.6 Å². The molecule has 2 rings (SSSR count). The number of nitrogens with one attached hydrogen (secondary N) is 2. The Morgan fingerprint density at radius 2 is 1.95 bits per heavy atom. The van der Waals surface area contributed by atoms with Gasteiger partial charge in [0.25, 0.3) is 0 Å². The third kappa shape index (κ3) is 4.61. The minimum absolute atomic E-state index is 0.0394. The van der Waals surface area contributed by atoms with Crippen molar-refractivity contribution in [3.8, 4) is 0 Å². The molecule has 2 fully saturated rings. The maximum atomic E-state index is 11.8. The average Bonchev–Trinajstić information content (AvgIpc) is 3.16. The SMILES string of the molecule is CC(C(=O)O)C1CN(C(=O)NCCCC(=O)NC2CC2)C1. The Hall–Kier alpha value is -1.79. The molecule has 7 heteroatoms. The lowest BCUT2D eigenvalue weighted by Gasteiger charge is -2.41. The fraction of sp³-hybridized carbons (Fsp3) is 0.786. The Morgan fingerprint density at radius 1 is 1.29 bits per heavy atom. The van der Waals surface area contributed by atoms with Crippen molar-refractivity contribution < 1.29 is 19.5 Å². The second kappa shape index (κ2) is 6.78. The topological polar surface area (TPSA) is 98.7 Å². The van der Waals surface area contributed by atoms with Crippen LogP contribution in [0.15, 0.2) is 0 Å². The highest BCUT2D eigenvalue weighted by molar-refractivity contribution is 5.77. The van der Waals surface area contributed by atoms with E-state index in [1.54, 1.807) is 11.8 Å². The van der Waals surface area contributed by atoms with Gasteiger partial charge in [-0.2, -0.15) is 0 Å². The Labute approximate surface area is 124 Å². The summed E-state index contributed by atoms with van der Waals surface area (Å²) in [6, 6.07) is 0.202. The van der Waals surface area contributed by atoms with Crippen LogP contribution in [0.4, 0.5) is 4.79 Å². The highest BCUT2D eigenvalue weighted by atomic mass is 16.4. The second-order valence-electron chi connectivity index (χ2n) is 5.97. The van der Waals surface area contributed by atoms with Gasteiger partial charge in [0.05, 0.1) is 5.92 Å². The second-order valence-corrected chi connectivity index (χ2v) is 5.97. The van der Waals surface area contributed by atoms with Crippen LogP contribution < -0.4 is 10.6 Å². The van der Waals surface area contributed by atoms with Gasteiger partial charge in [0.1, 0.15) is 0 Å². The predicted octanol–water partition coefficient (Wildman–Crippen LogP) is 0.407. The monoisotopic (exact) mass is 297 g/mol. The van der Waals surface area contributed by atoms with Crippen LogP contribution in [-0.2, 0) is 9.59 Å². The molecule has 0 aromatic carbocycles. The molecule has 3 N–H and O–H groups in total. The lowest BCUT2D eigenvalue weighted by molar-refractivity contribution is -0.144. The van der Waals surface area contributed by atoms with Gasteiger partial charge in [-0.15, -0.1) is 0 Å². The van der Waals surface area contributed by atoms with Crippen molar-refractivity contribution >= 4 is 17.9 Å². The number of amides is 3. The predicted molar refractivity (Wildman–Crippen MR) is 75.7 cm³/mol. The maximum absolute atomic E-state index is 11.8. The first kappa shape index (κ1) is 15.6. The molecule has 1 saturated carbocycles. The van der Waals surface area contributed by atoms with Crippen LogP contribution in [0.3, 0.4) is 0 Å². The average molecular weight is 297 g/mol. The molecule has 0 radical (unpaired) electrons. The number of hydrogen-bond donors (Lipinski definition) is 3. The van der Waals surface area contributed by atoms with Crippen molar-refractivity contribution in [1.29, 1.82) is 0 Å². The van der Waals surface area contributed by atoms with Gasteiger partial charge >= 0.3 is 12.0 Å². The zero-order valence-electron chi connectivity index (χ0n) is 12.3. The Kier molecular flexibility index (Phi) is 5.03. The number of carboxylic acid groups (broad SMARTS) is 1. The first-order valence-corrected chi connectivity index (χ1v) is 7.52. The van der Waals surface area contributed by atoms with Crippen molar-refractivity contribution in [1.82, 2.24) is 15.5 Å². The standard InChI is InChI=1S/C14H23N3O4/c1-9(13(19)20)10-7-17(8-10)14(21)15-6-2-3-12(18)16-11-4-5-11/h9-11H,2-8H2,1H3,(H,15,21)(H,16,18)(H,19,20). The Balaban J connectivity index is 1.52. The van der Waals surface area contributed by atoms with Crippen molar-refractivity contribution in [2.45, 2.75) is 38.6 Å². The molecule has 1 heterocycles. The van der Waals surface area contributed by atoms with E-state index in [9.17, 15) is 14.4 Å². The number of nitrogens with zero attached hydrogens (tertiary/aromatic N) is 1. The molecule has 21 heavy (non-hydrogen) atoms. The van der Waals surface area contributed by atoms with Crippen LogP contribution in [0.2, 0.25) is 0 Å². The summed E-state index contributed by atoms with van der Waals surface area (Å²) in [5.41, 5.74) is 0. The quantitative estimate of drug-likeness (QED) is 0.593. The van der Waals surface area contributed by atoms with Crippen LogP contribution in [-0.4, -0.2) is 53.6 Å². The Bertz CT molecular complexity index is 416. The summed E-state index contributed by atoms with van der Waals surface area (Å²) < 4.78 is 0. The summed E-state index contributed by atoms with van der Waals surface area (Å²) in [6.45, 7) is 3.11. The van der Waals surface area contributed by atoms with Gasteiger partial charge in [-0.05, 0) is 19.3 Å². The van der Waals surface area contributed by atoms with Crippen LogP contribution in [0.25, 0.3) is 0 Å². The van der Waals surface area contributed by atoms with Crippen LogP contribution in [0.1, 0.15) is 32.6 Å². The zero-order valence-corrected chi connectivity index (χ0v) is 12.3. The molecule has 3 amide bonds. The third-order valence-electron chi connectivity index (χ3n) is 4.09. The fourth-order valence-electron chi connectivity index (χ4n) is 2.28. The van der Waals surface area contributed by atoms with E-state index in [0.717, 1.165) is 12.8 Å². The summed E-state index contributed by atoms with van der Waals surface area (Å²) in [4.78, 5) is 35.6. The molecule has 1 atom stereocenters. The molecule has 7 nitrogen and oxygen atoms in total. The normalized spacial score (nSPS) is 19.6. The summed E-state index contributed by atoms with van der Waals surface area (Å²) in [6.07, 6.45) is 3.20. The minimum atomic E-state index is -0.818. The van der Waals surface area contributed by atoms with Crippen molar-refractivity contribution in [2.24, 2.45) is 11.8 Å². The lowest BCUT2D eigenvalue weighted by atomic mass is 9.87. The lowest BCUT2D eigenvalue weighted by Crippen LogP contribution is -2.56. The highest BCUT2D eigenvalue weighted by Crippen LogP contribution is 2.23. The molecule has 0 bridgehead atoms. The Morgan fingerprint density at radius 3 is 2.52 bits per heavy atom. The third-order valence-corrected chi connectivity index (χ3v) is 4.09.